The summed E-state index contributed by atoms with van der Waals surface area (Å²) in [6.07, 6.45) is -14.6. The van der Waals surface area contributed by atoms with Crippen LogP contribution in [0.4, 0.5) is 39.5 Å². The number of halogens is 10. The molecule has 0 aliphatic heterocycles. The van der Waals surface area contributed by atoms with Gasteiger partial charge in [-0.1, -0.05) is 15.9 Å². The average Bonchev–Trinajstić information content (AvgIpc) is 2.60. The number of benzene rings is 2. The fourth-order valence-corrected chi connectivity index (χ4v) is 3.07. The van der Waals surface area contributed by atoms with Gasteiger partial charge in [-0.15, -0.1) is 0 Å². The maximum absolute atomic E-state index is 13.0. The van der Waals surface area contributed by atoms with E-state index in [1.807, 2.05) is 0 Å². The van der Waals surface area contributed by atoms with Crippen molar-refractivity contribution in [2.45, 2.75) is 31.6 Å². The molecule has 12 heteroatoms. The molecule has 2 aromatic carbocycles. The molecule has 0 fully saturated rings. The molecule has 2 rings (SSSR count). The minimum Gasteiger partial charge on any atom is -0.496 e. The number of hydrogen-bond acceptors (Lipinski definition) is 2. The number of methoxy groups -OCH3 is 1. The number of nitrogens with one attached hydrogen (secondary N) is 1. The molecule has 0 aliphatic rings. The fourth-order valence-electron chi connectivity index (χ4n) is 2.58. The van der Waals surface area contributed by atoms with E-state index in [0.717, 1.165) is 19.2 Å². The van der Waals surface area contributed by atoms with Crippen molar-refractivity contribution in [3.63, 3.8) is 0 Å². The maximum Gasteiger partial charge on any atom is 0.420 e. The quantitative estimate of drug-likeness (QED) is 0.447. The lowest BCUT2D eigenvalue weighted by atomic mass is 10.0. The smallest absolute Gasteiger partial charge is 0.420 e. The molecular weight excluding hydrogens is 497 g/mol. The molecule has 0 saturated carbocycles. The third-order valence-electron chi connectivity index (χ3n) is 3.97. The second-order valence-electron chi connectivity index (χ2n) is 6.16. The topological polar surface area (TPSA) is 21.3 Å². The Morgan fingerprint density at radius 1 is 0.767 bits per heavy atom. The van der Waals surface area contributed by atoms with E-state index in [2.05, 4.69) is 21.2 Å². The second kappa shape index (κ2) is 8.66. The van der Waals surface area contributed by atoms with Crippen LogP contribution in [0, 0.1) is 0 Å². The Morgan fingerprint density at radius 2 is 1.30 bits per heavy atom. The van der Waals surface area contributed by atoms with Gasteiger partial charge in [0.25, 0.3) is 0 Å². The van der Waals surface area contributed by atoms with Crippen molar-refractivity contribution >= 4 is 15.9 Å². The van der Waals surface area contributed by atoms with Crippen LogP contribution in [0.3, 0.4) is 0 Å². The van der Waals surface area contributed by atoms with Gasteiger partial charge in [-0.25, -0.2) is 0 Å². The zero-order valence-electron chi connectivity index (χ0n) is 15.0. The van der Waals surface area contributed by atoms with Gasteiger partial charge >= 0.3 is 18.5 Å². The SMILES string of the molecule is COc1cc(CNCc2cc(C(F)(F)F)cc(C(F)(F)F)c2)c(Br)cc1C(F)(F)F. The second-order valence-corrected chi connectivity index (χ2v) is 7.01. The van der Waals surface area contributed by atoms with Crippen molar-refractivity contribution in [3.05, 3.63) is 62.6 Å². The van der Waals surface area contributed by atoms with Gasteiger partial charge in [-0.05, 0) is 41.5 Å². The predicted molar refractivity (Wildman–Crippen MR) is 92.7 cm³/mol. The first kappa shape index (κ1) is 24.3. The van der Waals surface area contributed by atoms with E-state index in [9.17, 15) is 39.5 Å². The van der Waals surface area contributed by atoms with Crippen molar-refractivity contribution in [2.24, 2.45) is 0 Å². The molecule has 0 aliphatic carbocycles. The summed E-state index contributed by atoms with van der Waals surface area (Å²) in [6, 6.07) is 3.02. The van der Waals surface area contributed by atoms with Crippen LogP contribution >= 0.6 is 15.9 Å². The fraction of sp³-hybridized carbons (Fsp3) is 0.333. The molecule has 0 heterocycles. The summed E-state index contributed by atoms with van der Waals surface area (Å²) in [7, 11) is 1.04. The molecule has 30 heavy (non-hydrogen) atoms. The van der Waals surface area contributed by atoms with Crippen molar-refractivity contribution < 1.29 is 44.3 Å². The van der Waals surface area contributed by atoms with E-state index in [1.165, 1.54) is 0 Å². The zero-order valence-corrected chi connectivity index (χ0v) is 16.6. The van der Waals surface area contributed by atoms with Crippen molar-refractivity contribution in [1.29, 1.82) is 0 Å². The Kier molecular flexibility index (Phi) is 7.02. The van der Waals surface area contributed by atoms with Crippen LogP contribution < -0.4 is 10.1 Å². The summed E-state index contributed by atoms with van der Waals surface area (Å²) < 4.78 is 121. The molecule has 1 N–H and O–H groups in total. The van der Waals surface area contributed by atoms with Gasteiger partial charge in [0.1, 0.15) is 5.75 Å². The molecule has 0 aromatic heterocycles. The summed E-state index contributed by atoms with van der Waals surface area (Å²) in [6.45, 7) is -0.532. The lowest BCUT2D eigenvalue weighted by Gasteiger charge is -2.16. The van der Waals surface area contributed by atoms with Gasteiger partial charge in [0.05, 0.1) is 23.8 Å². The largest absolute Gasteiger partial charge is 0.496 e. The van der Waals surface area contributed by atoms with E-state index >= 15 is 0 Å². The molecule has 0 atom stereocenters. The van der Waals surface area contributed by atoms with Crippen LogP contribution in [0.5, 0.6) is 5.75 Å². The number of ether oxygens (including phenoxy) is 1. The van der Waals surface area contributed by atoms with Crippen LogP contribution in [0.1, 0.15) is 27.8 Å². The first-order valence-electron chi connectivity index (χ1n) is 8.05. The van der Waals surface area contributed by atoms with Gasteiger partial charge in [0, 0.05) is 17.6 Å². The van der Waals surface area contributed by atoms with Crippen molar-refractivity contribution in [1.82, 2.24) is 5.32 Å². The number of alkyl halides is 9. The van der Waals surface area contributed by atoms with Gasteiger partial charge in [0.15, 0.2) is 0 Å². The third-order valence-corrected chi connectivity index (χ3v) is 4.70. The highest BCUT2D eigenvalue weighted by Crippen LogP contribution is 2.39. The molecule has 0 spiro atoms. The van der Waals surface area contributed by atoms with Crippen LogP contribution in [-0.4, -0.2) is 7.11 Å². The normalized spacial score (nSPS) is 12.9. The monoisotopic (exact) mass is 509 g/mol. The Morgan fingerprint density at radius 3 is 1.73 bits per heavy atom. The van der Waals surface area contributed by atoms with Gasteiger partial charge in [-0.2, -0.15) is 39.5 Å². The Balaban J connectivity index is 2.25. The minimum atomic E-state index is -4.97. The van der Waals surface area contributed by atoms with Crippen molar-refractivity contribution in [2.75, 3.05) is 7.11 Å². The summed E-state index contributed by atoms with van der Waals surface area (Å²) >= 11 is 2.97. The summed E-state index contributed by atoms with van der Waals surface area (Å²) in [5.41, 5.74) is -3.96. The van der Waals surface area contributed by atoms with Gasteiger partial charge in [0.2, 0.25) is 0 Å². The molecule has 2 nitrogen and oxygen atoms in total. The molecule has 0 amide bonds. The molecular formula is C18H13BrF9NO. The van der Waals surface area contributed by atoms with E-state index in [4.69, 9.17) is 4.74 Å². The standard InChI is InChI=1S/C18H13BrF9NO/c1-30-15-4-10(14(19)6-13(15)18(26,27)28)8-29-7-9-2-11(16(20,21)22)5-12(3-9)17(23,24)25/h2-6,29H,7-8H2,1H3. The lowest BCUT2D eigenvalue weighted by molar-refractivity contribution is -0.143. The molecule has 0 radical (unpaired) electrons. The van der Waals surface area contributed by atoms with E-state index in [0.29, 0.717) is 12.1 Å². The van der Waals surface area contributed by atoms with Crippen LogP contribution in [-0.2, 0) is 31.6 Å². The highest BCUT2D eigenvalue weighted by molar-refractivity contribution is 9.10. The lowest BCUT2D eigenvalue weighted by Crippen LogP contribution is -2.17. The third kappa shape index (κ3) is 6.03. The van der Waals surface area contributed by atoms with E-state index in [-0.39, 0.29) is 34.8 Å². The highest BCUT2D eigenvalue weighted by Gasteiger charge is 2.37. The summed E-state index contributed by atoms with van der Waals surface area (Å²) in [5, 5.41) is 2.62. The first-order chi connectivity index (χ1) is 13.6. The number of rotatable bonds is 5. The molecule has 0 bridgehead atoms. The molecule has 2 aromatic rings. The van der Waals surface area contributed by atoms with Gasteiger partial charge in [-0.3, -0.25) is 0 Å². The number of hydrogen-bond donors (Lipinski definition) is 1. The zero-order chi connectivity index (χ0) is 22.9. The molecule has 0 unspecified atom stereocenters. The molecule has 0 saturated heterocycles. The minimum absolute atomic E-state index is 0.0147. The van der Waals surface area contributed by atoms with Crippen LogP contribution in [0.2, 0.25) is 0 Å². The summed E-state index contributed by atoms with van der Waals surface area (Å²) in [5.74, 6) is -0.471. The Labute approximate surface area is 173 Å². The predicted octanol–water partition coefficient (Wildman–Crippen LogP) is 6.80. The van der Waals surface area contributed by atoms with Gasteiger partial charge < -0.3 is 10.1 Å². The maximum atomic E-state index is 13.0. The average molecular weight is 510 g/mol. The van der Waals surface area contributed by atoms with E-state index in [1.54, 1.807) is 0 Å². The Hall–Kier alpha value is -1.95. The highest BCUT2D eigenvalue weighted by atomic mass is 79.9. The first-order valence-corrected chi connectivity index (χ1v) is 8.85. The molecule has 166 valence electrons. The van der Waals surface area contributed by atoms with E-state index < -0.39 is 41.0 Å². The van der Waals surface area contributed by atoms with Crippen LogP contribution in [0.25, 0.3) is 0 Å². The van der Waals surface area contributed by atoms with Crippen molar-refractivity contribution in [3.8, 4) is 5.75 Å². The summed E-state index contributed by atoms with van der Waals surface area (Å²) in [4.78, 5) is 0. The van der Waals surface area contributed by atoms with Crippen LogP contribution in [0.15, 0.2) is 34.8 Å². The Bertz CT molecular complexity index is 872.